The Kier molecular flexibility index (Phi) is 4.79. The van der Waals surface area contributed by atoms with Gasteiger partial charge in [-0.15, -0.1) is 11.3 Å². The minimum Gasteiger partial charge on any atom is -0.330 e. The third-order valence-corrected chi connectivity index (χ3v) is 5.46. The number of thiazole rings is 1. The van der Waals surface area contributed by atoms with Gasteiger partial charge in [0.2, 0.25) is 0 Å². The molecule has 1 heterocycles. The van der Waals surface area contributed by atoms with Crippen molar-refractivity contribution in [2.45, 2.75) is 58.8 Å². The zero-order valence-electron chi connectivity index (χ0n) is 11.7. The fraction of sp³-hybridized carbons (Fsp3) is 0.800. The SMILES string of the molecule is CCCC1CCC(CN)(Cc2nc(C)cs2)CC1. The van der Waals surface area contributed by atoms with Crippen molar-refractivity contribution >= 4 is 11.3 Å². The highest BCUT2D eigenvalue weighted by Gasteiger charge is 2.34. The molecular formula is C15H26N2S. The van der Waals surface area contributed by atoms with Gasteiger partial charge in [0, 0.05) is 17.5 Å². The Morgan fingerprint density at radius 2 is 2.17 bits per heavy atom. The molecule has 0 amide bonds. The molecule has 1 aromatic heterocycles. The van der Waals surface area contributed by atoms with E-state index < -0.39 is 0 Å². The summed E-state index contributed by atoms with van der Waals surface area (Å²) in [6.45, 7) is 5.20. The summed E-state index contributed by atoms with van der Waals surface area (Å²) in [4.78, 5) is 4.62. The lowest BCUT2D eigenvalue weighted by molar-refractivity contribution is 0.150. The minimum absolute atomic E-state index is 0.342. The second-order valence-electron chi connectivity index (χ2n) is 6.00. The molecule has 102 valence electrons. The van der Waals surface area contributed by atoms with Crippen molar-refractivity contribution in [2.75, 3.05) is 6.54 Å². The van der Waals surface area contributed by atoms with Crippen molar-refractivity contribution in [3.63, 3.8) is 0 Å². The van der Waals surface area contributed by atoms with Crippen molar-refractivity contribution in [3.05, 3.63) is 16.1 Å². The quantitative estimate of drug-likeness (QED) is 0.877. The highest BCUT2D eigenvalue weighted by atomic mass is 32.1. The number of rotatable bonds is 5. The van der Waals surface area contributed by atoms with Crippen LogP contribution in [0.25, 0.3) is 0 Å². The lowest BCUT2D eigenvalue weighted by atomic mass is 9.68. The third kappa shape index (κ3) is 3.33. The molecule has 1 fully saturated rings. The van der Waals surface area contributed by atoms with E-state index in [9.17, 15) is 0 Å². The molecule has 0 aromatic carbocycles. The number of hydrogen-bond donors (Lipinski definition) is 1. The van der Waals surface area contributed by atoms with Gasteiger partial charge >= 0.3 is 0 Å². The first-order chi connectivity index (χ1) is 8.67. The largest absolute Gasteiger partial charge is 0.330 e. The maximum Gasteiger partial charge on any atom is 0.0934 e. The van der Waals surface area contributed by atoms with E-state index in [1.165, 1.54) is 43.5 Å². The molecule has 2 rings (SSSR count). The number of nitrogens with two attached hydrogens (primary N) is 1. The van der Waals surface area contributed by atoms with Gasteiger partial charge < -0.3 is 5.73 Å². The molecule has 0 radical (unpaired) electrons. The topological polar surface area (TPSA) is 38.9 Å². The summed E-state index contributed by atoms with van der Waals surface area (Å²) in [5.41, 5.74) is 7.59. The van der Waals surface area contributed by atoms with E-state index in [2.05, 4.69) is 24.2 Å². The van der Waals surface area contributed by atoms with Gasteiger partial charge in [0.25, 0.3) is 0 Å². The summed E-state index contributed by atoms with van der Waals surface area (Å²) in [5.74, 6) is 0.952. The molecule has 18 heavy (non-hydrogen) atoms. The summed E-state index contributed by atoms with van der Waals surface area (Å²) >= 11 is 1.80. The van der Waals surface area contributed by atoms with E-state index in [0.717, 1.165) is 24.6 Å². The Morgan fingerprint density at radius 1 is 1.44 bits per heavy atom. The first-order valence-electron chi connectivity index (χ1n) is 7.28. The fourth-order valence-corrected chi connectivity index (χ4v) is 4.19. The number of aromatic nitrogens is 1. The van der Waals surface area contributed by atoms with E-state index >= 15 is 0 Å². The lowest BCUT2D eigenvalue weighted by Crippen LogP contribution is -2.36. The molecule has 0 aliphatic heterocycles. The lowest BCUT2D eigenvalue weighted by Gasteiger charge is -2.39. The van der Waals surface area contributed by atoms with Crippen molar-refractivity contribution < 1.29 is 0 Å². The van der Waals surface area contributed by atoms with Crippen LogP contribution in [0.5, 0.6) is 0 Å². The van der Waals surface area contributed by atoms with Crippen LogP contribution in [-0.2, 0) is 6.42 Å². The zero-order valence-corrected chi connectivity index (χ0v) is 12.6. The monoisotopic (exact) mass is 266 g/mol. The Balaban J connectivity index is 1.96. The molecule has 0 bridgehead atoms. The highest BCUT2D eigenvalue weighted by molar-refractivity contribution is 7.09. The van der Waals surface area contributed by atoms with E-state index in [1.54, 1.807) is 11.3 Å². The Morgan fingerprint density at radius 3 is 2.67 bits per heavy atom. The molecule has 1 aliphatic rings. The van der Waals surface area contributed by atoms with Crippen LogP contribution < -0.4 is 5.73 Å². The molecule has 0 atom stereocenters. The summed E-state index contributed by atoms with van der Waals surface area (Å²) in [5, 5.41) is 3.44. The van der Waals surface area contributed by atoms with Crippen LogP contribution in [0.4, 0.5) is 0 Å². The molecule has 2 N–H and O–H groups in total. The standard InChI is InChI=1S/C15H26N2S/c1-3-4-13-5-7-15(11-16,8-6-13)9-14-17-12(2)10-18-14/h10,13H,3-9,11,16H2,1-2H3. The van der Waals surface area contributed by atoms with E-state index in [-0.39, 0.29) is 0 Å². The average Bonchev–Trinajstić information content (AvgIpc) is 2.78. The van der Waals surface area contributed by atoms with Crippen LogP contribution in [0, 0.1) is 18.3 Å². The summed E-state index contributed by atoms with van der Waals surface area (Å²) < 4.78 is 0. The normalized spacial score (nSPS) is 28.5. The summed E-state index contributed by atoms with van der Waals surface area (Å²) in [6.07, 6.45) is 9.16. The minimum atomic E-state index is 0.342. The van der Waals surface area contributed by atoms with Crippen LogP contribution >= 0.6 is 11.3 Å². The third-order valence-electron chi connectivity index (χ3n) is 4.49. The predicted molar refractivity (Wildman–Crippen MR) is 78.9 cm³/mol. The van der Waals surface area contributed by atoms with Gasteiger partial charge in [-0.2, -0.15) is 0 Å². The Hall–Kier alpha value is -0.410. The van der Waals surface area contributed by atoms with Crippen LogP contribution in [0.15, 0.2) is 5.38 Å². The zero-order chi connectivity index (χ0) is 13.0. The van der Waals surface area contributed by atoms with Crippen molar-refractivity contribution in [1.82, 2.24) is 4.98 Å². The van der Waals surface area contributed by atoms with Gasteiger partial charge in [-0.3, -0.25) is 0 Å². The Labute approximate surface area is 115 Å². The highest BCUT2D eigenvalue weighted by Crippen LogP contribution is 2.42. The van der Waals surface area contributed by atoms with Gasteiger partial charge in [0.1, 0.15) is 0 Å². The van der Waals surface area contributed by atoms with Crippen LogP contribution in [0.2, 0.25) is 0 Å². The Bertz CT molecular complexity index is 364. The molecule has 1 saturated carbocycles. The van der Waals surface area contributed by atoms with Crippen LogP contribution in [0.1, 0.15) is 56.2 Å². The van der Waals surface area contributed by atoms with Gasteiger partial charge in [0.15, 0.2) is 0 Å². The molecular weight excluding hydrogens is 240 g/mol. The smallest absolute Gasteiger partial charge is 0.0934 e. The van der Waals surface area contributed by atoms with E-state index in [4.69, 9.17) is 5.73 Å². The fourth-order valence-electron chi connectivity index (χ4n) is 3.24. The first-order valence-corrected chi connectivity index (χ1v) is 8.16. The molecule has 3 heteroatoms. The first kappa shape index (κ1) is 14.0. The van der Waals surface area contributed by atoms with Crippen molar-refractivity contribution in [3.8, 4) is 0 Å². The predicted octanol–water partition coefficient (Wildman–Crippen LogP) is 3.93. The molecule has 0 unspecified atom stereocenters. The maximum absolute atomic E-state index is 6.09. The number of aryl methyl sites for hydroxylation is 1. The van der Waals surface area contributed by atoms with Crippen LogP contribution in [0.3, 0.4) is 0 Å². The molecule has 0 spiro atoms. The molecule has 0 saturated heterocycles. The second kappa shape index (κ2) is 6.16. The molecule has 2 nitrogen and oxygen atoms in total. The molecule has 1 aromatic rings. The van der Waals surface area contributed by atoms with E-state index in [1.807, 2.05) is 0 Å². The van der Waals surface area contributed by atoms with Crippen molar-refractivity contribution in [2.24, 2.45) is 17.1 Å². The van der Waals surface area contributed by atoms with Gasteiger partial charge in [-0.25, -0.2) is 4.98 Å². The summed E-state index contributed by atoms with van der Waals surface area (Å²) in [7, 11) is 0. The van der Waals surface area contributed by atoms with E-state index in [0.29, 0.717) is 5.41 Å². The number of nitrogens with zero attached hydrogens (tertiary/aromatic N) is 1. The maximum atomic E-state index is 6.09. The second-order valence-corrected chi connectivity index (χ2v) is 6.94. The van der Waals surface area contributed by atoms with Crippen LogP contribution in [-0.4, -0.2) is 11.5 Å². The summed E-state index contributed by atoms with van der Waals surface area (Å²) in [6, 6.07) is 0. The van der Waals surface area contributed by atoms with Crippen molar-refractivity contribution in [1.29, 1.82) is 0 Å². The average molecular weight is 266 g/mol. The van der Waals surface area contributed by atoms with Gasteiger partial charge in [-0.05, 0) is 50.5 Å². The van der Waals surface area contributed by atoms with Gasteiger partial charge in [-0.1, -0.05) is 19.8 Å². The molecule has 1 aliphatic carbocycles. The number of hydrogen-bond acceptors (Lipinski definition) is 3. The van der Waals surface area contributed by atoms with Gasteiger partial charge in [0.05, 0.1) is 5.01 Å².